The molecule has 1 heterocycles. The van der Waals surface area contributed by atoms with Crippen molar-refractivity contribution in [1.82, 2.24) is 4.98 Å². The van der Waals surface area contributed by atoms with E-state index in [2.05, 4.69) is 4.98 Å². The van der Waals surface area contributed by atoms with E-state index in [0.717, 1.165) is 23.0 Å². The highest BCUT2D eigenvalue weighted by Crippen LogP contribution is 2.36. The van der Waals surface area contributed by atoms with Gasteiger partial charge in [-0.3, -0.25) is 0 Å². The molecule has 27 heavy (non-hydrogen) atoms. The lowest BCUT2D eigenvalue weighted by Crippen LogP contribution is -2.05. The SMILES string of the molecule is Nc1c(Cc2ccc(C(F)(F)F)cc2)cc2nc3ccccc3cc2c1O. The monoisotopic (exact) mass is 368 g/mol. The van der Waals surface area contributed by atoms with E-state index in [1.54, 1.807) is 6.07 Å². The van der Waals surface area contributed by atoms with Crippen LogP contribution < -0.4 is 5.73 Å². The van der Waals surface area contributed by atoms with Crippen LogP contribution in [0.4, 0.5) is 18.9 Å². The van der Waals surface area contributed by atoms with Crippen LogP contribution in [0.15, 0.2) is 60.7 Å². The molecule has 0 aliphatic rings. The maximum atomic E-state index is 12.7. The first-order valence-corrected chi connectivity index (χ1v) is 8.29. The molecule has 0 unspecified atom stereocenters. The Labute approximate surface area is 152 Å². The summed E-state index contributed by atoms with van der Waals surface area (Å²) in [6.07, 6.45) is -4.08. The molecule has 0 spiro atoms. The molecule has 3 nitrogen and oxygen atoms in total. The molecule has 6 heteroatoms. The minimum absolute atomic E-state index is 0.0623. The molecule has 136 valence electrons. The number of nitrogens with zero attached hydrogens (tertiary/aromatic N) is 1. The lowest BCUT2D eigenvalue weighted by atomic mass is 9.99. The van der Waals surface area contributed by atoms with Gasteiger partial charge in [0.15, 0.2) is 0 Å². The Morgan fingerprint density at radius 3 is 2.33 bits per heavy atom. The fourth-order valence-electron chi connectivity index (χ4n) is 3.15. The van der Waals surface area contributed by atoms with Gasteiger partial charge in [0.1, 0.15) is 5.75 Å². The van der Waals surface area contributed by atoms with Gasteiger partial charge in [-0.1, -0.05) is 30.3 Å². The number of benzene rings is 3. The van der Waals surface area contributed by atoms with Crippen LogP contribution in [0.2, 0.25) is 0 Å². The van der Waals surface area contributed by atoms with Crippen molar-refractivity contribution in [1.29, 1.82) is 0 Å². The molecule has 4 rings (SSSR count). The molecular weight excluding hydrogens is 353 g/mol. The van der Waals surface area contributed by atoms with E-state index in [4.69, 9.17) is 5.73 Å². The van der Waals surface area contributed by atoms with E-state index >= 15 is 0 Å². The fraction of sp³-hybridized carbons (Fsp3) is 0.0952. The number of nitrogen functional groups attached to an aromatic ring is 1. The topological polar surface area (TPSA) is 59.1 Å². The third-order valence-corrected chi connectivity index (χ3v) is 4.60. The zero-order valence-electron chi connectivity index (χ0n) is 14.1. The van der Waals surface area contributed by atoms with Crippen molar-refractivity contribution in [3.63, 3.8) is 0 Å². The standard InChI is InChI=1S/C21H15F3N2O/c22-21(23,24)15-7-5-12(6-8-15)9-14-11-18-16(20(27)19(14)25)10-13-3-1-2-4-17(13)26-18/h1-8,10-11,27H,9,25H2. The Balaban J connectivity index is 1.77. The van der Waals surface area contributed by atoms with Crippen LogP contribution >= 0.6 is 0 Å². The van der Waals surface area contributed by atoms with Crippen molar-refractivity contribution >= 4 is 27.5 Å². The van der Waals surface area contributed by atoms with Crippen LogP contribution in [0.1, 0.15) is 16.7 Å². The van der Waals surface area contributed by atoms with Gasteiger partial charge in [-0.2, -0.15) is 13.2 Å². The zero-order valence-corrected chi connectivity index (χ0v) is 14.1. The van der Waals surface area contributed by atoms with E-state index in [-0.39, 0.29) is 11.4 Å². The molecule has 0 aliphatic carbocycles. The minimum atomic E-state index is -4.37. The number of phenols is 1. The van der Waals surface area contributed by atoms with Crippen LogP contribution in [-0.4, -0.2) is 10.1 Å². The molecule has 0 saturated heterocycles. The van der Waals surface area contributed by atoms with Crippen molar-refractivity contribution in [3.8, 4) is 5.75 Å². The number of pyridine rings is 1. The second-order valence-electron chi connectivity index (χ2n) is 6.42. The summed E-state index contributed by atoms with van der Waals surface area (Å²) in [6.45, 7) is 0. The molecule has 4 aromatic rings. The van der Waals surface area contributed by atoms with E-state index in [1.807, 2.05) is 30.3 Å². The lowest BCUT2D eigenvalue weighted by molar-refractivity contribution is -0.137. The summed E-state index contributed by atoms with van der Waals surface area (Å²) < 4.78 is 38.1. The maximum Gasteiger partial charge on any atom is 0.416 e. The first-order valence-electron chi connectivity index (χ1n) is 8.29. The third-order valence-electron chi connectivity index (χ3n) is 4.60. The number of aromatic nitrogens is 1. The van der Waals surface area contributed by atoms with Crippen LogP contribution in [0.5, 0.6) is 5.75 Å². The van der Waals surface area contributed by atoms with Crippen LogP contribution in [0, 0.1) is 0 Å². The molecule has 0 atom stereocenters. The van der Waals surface area contributed by atoms with Gasteiger partial charge >= 0.3 is 6.18 Å². The molecule has 0 radical (unpaired) electrons. The van der Waals surface area contributed by atoms with Crippen molar-refractivity contribution < 1.29 is 18.3 Å². The molecule has 0 fully saturated rings. The lowest BCUT2D eigenvalue weighted by Gasteiger charge is -2.12. The number of nitrogens with two attached hydrogens (primary N) is 1. The molecule has 0 bridgehead atoms. The van der Waals surface area contributed by atoms with Crippen molar-refractivity contribution in [2.24, 2.45) is 0 Å². The number of phenolic OH excluding ortho intramolecular Hbond substituents is 1. The molecule has 0 amide bonds. The predicted octanol–water partition coefficient (Wildman–Crippen LogP) is 5.29. The summed E-state index contributed by atoms with van der Waals surface area (Å²) in [5.41, 5.74) is 8.24. The average Bonchev–Trinajstić information content (AvgIpc) is 2.64. The number of halogens is 3. The van der Waals surface area contributed by atoms with Gasteiger partial charge < -0.3 is 10.8 Å². The molecule has 1 aromatic heterocycles. The van der Waals surface area contributed by atoms with Crippen LogP contribution in [0.3, 0.4) is 0 Å². The highest BCUT2D eigenvalue weighted by molar-refractivity contribution is 5.99. The number of fused-ring (bicyclic) bond motifs is 2. The first kappa shape index (κ1) is 17.1. The van der Waals surface area contributed by atoms with Gasteiger partial charge in [-0.25, -0.2) is 4.98 Å². The molecule has 0 aliphatic heterocycles. The van der Waals surface area contributed by atoms with Crippen molar-refractivity contribution in [2.45, 2.75) is 12.6 Å². The number of hydrogen-bond donors (Lipinski definition) is 2. The summed E-state index contributed by atoms with van der Waals surface area (Å²) in [5.74, 6) is -0.0623. The summed E-state index contributed by atoms with van der Waals surface area (Å²) in [6, 6.07) is 16.0. The number of hydrogen-bond acceptors (Lipinski definition) is 3. The van der Waals surface area contributed by atoms with Crippen molar-refractivity contribution in [2.75, 3.05) is 5.73 Å². The minimum Gasteiger partial charge on any atom is -0.505 e. The maximum absolute atomic E-state index is 12.7. The second-order valence-corrected chi connectivity index (χ2v) is 6.42. The van der Waals surface area contributed by atoms with Crippen LogP contribution in [0.25, 0.3) is 21.8 Å². The summed E-state index contributed by atoms with van der Waals surface area (Å²) in [4.78, 5) is 4.56. The summed E-state index contributed by atoms with van der Waals surface area (Å²) in [5, 5.41) is 11.9. The third kappa shape index (κ3) is 3.14. The van der Waals surface area contributed by atoms with Crippen molar-refractivity contribution in [3.05, 3.63) is 77.4 Å². The molecule has 0 saturated carbocycles. The van der Waals surface area contributed by atoms with E-state index in [1.165, 1.54) is 12.1 Å². The van der Waals surface area contributed by atoms with E-state index < -0.39 is 11.7 Å². The Bertz CT molecular complexity index is 1150. The van der Waals surface area contributed by atoms with Crippen LogP contribution in [-0.2, 0) is 12.6 Å². The second kappa shape index (κ2) is 6.16. The quantitative estimate of drug-likeness (QED) is 0.287. The smallest absolute Gasteiger partial charge is 0.416 e. The summed E-state index contributed by atoms with van der Waals surface area (Å²) in [7, 11) is 0. The number of rotatable bonds is 2. The molecule has 3 N–H and O–H groups in total. The van der Waals surface area contributed by atoms with Gasteiger partial charge in [0.25, 0.3) is 0 Å². The normalized spacial score (nSPS) is 12.0. The zero-order chi connectivity index (χ0) is 19.2. The average molecular weight is 368 g/mol. The van der Waals surface area contributed by atoms with Gasteiger partial charge in [-0.15, -0.1) is 0 Å². The van der Waals surface area contributed by atoms with Gasteiger partial charge in [0.2, 0.25) is 0 Å². The van der Waals surface area contributed by atoms with E-state index in [9.17, 15) is 18.3 Å². The Hall–Kier alpha value is -3.28. The largest absolute Gasteiger partial charge is 0.505 e. The van der Waals surface area contributed by atoms with E-state index in [0.29, 0.717) is 28.5 Å². The van der Waals surface area contributed by atoms with Gasteiger partial charge in [0.05, 0.1) is 22.3 Å². The Morgan fingerprint density at radius 1 is 0.926 bits per heavy atom. The molecular formula is C21H15F3N2O. The Kier molecular flexibility index (Phi) is 3.91. The number of anilines is 1. The summed E-state index contributed by atoms with van der Waals surface area (Å²) >= 11 is 0. The van der Waals surface area contributed by atoms with Gasteiger partial charge in [-0.05, 0) is 47.9 Å². The molecule has 3 aromatic carbocycles. The number of alkyl halides is 3. The van der Waals surface area contributed by atoms with Gasteiger partial charge in [0, 0.05) is 10.8 Å². The first-order chi connectivity index (χ1) is 12.8. The predicted molar refractivity (Wildman–Crippen MR) is 99.6 cm³/mol. The Morgan fingerprint density at radius 2 is 1.63 bits per heavy atom. The number of para-hydroxylation sites is 1. The highest BCUT2D eigenvalue weighted by Gasteiger charge is 2.29. The number of aromatic hydroxyl groups is 1. The highest BCUT2D eigenvalue weighted by atomic mass is 19.4. The fourth-order valence-corrected chi connectivity index (χ4v) is 3.15.